The first-order chi connectivity index (χ1) is 8.27. The monoisotopic (exact) mass is 230 g/mol. The van der Waals surface area contributed by atoms with Crippen LogP contribution in [-0.2, 0) is 0 Å². The van der Waals surface area contributed by atoms with Gasteiger partial charge in [-0.25, -0.2) is 4.79 Å². The van der Waals surface area contributed by atoms with E-state index in [2.05, 4.69) is 13.0 Å². The van der Waals surface area contributed by atoms with Crippen LogP contribution in [-0.4, -0.2) is 15.8 Å². The maximum Gasteiger partial charge on any atom is 0.336 e. The van der Waals surface area contributed by atoms with E-state index in [0.29, 0.717) is 5.92 Å². The summed E-state index contributed by atoms with van der Waals surface area (Å²) >= 11 is 0. The Balaban J connectivity index is 2.11. The lowest BCUT2D eigenvalue weighted by molar-refractivity contribution is 0.210. The highest BCUT2D eigenvalue weighted by molar-refractivity contribution is 5.78. The predicted molar refractivity (Wildman–Crippen MR) is 68.6 cm³/mol. The Morgan fingerprint density at radius 3 is 2.29 bits per heavy atom. The zero-order valence-electron chi connectivity index (χ0n) is 10.1. The number of nitrogens with zero attached hydrogens (tertiary/aromatic N) is 2. The minimum atomic E-state index is -0.0407. The fourth-order valence-corrected chi connectivity index (χ4v) is 1.76. The lowest BCUT2D eigenvalue weighted by Gasteiger charge is -2.19. The molecule has 0 aromatic heterocycles. The minimum Gasteiger partial charge on any atom is -0.277 e. The quantitative estimate of drug-likeness (QED) is 0.623. The lowest BCUT2D eigenvalue weighted by atomic mass is 10.1. The van der Waals surface area contributed by atoms with Crippen LogP contribution in [0.15, 0.2) is 49.1 Å². The molecule has 0 aliphatic carbocycles. The van der Waals surface area contributed by atoms with Crippen LogP contribution in [0.3, 0.4) is 0 Å². The molecule has 3 nitrogen and oxygen atoms in total. The minimum absolute atomic E-state index is 0.0407. The van der Waals surface area contributed by atoms with Gasteiger partial charge >= 0.3 is 6.03 Å². The number of allylic oxidation sites excluding steroid dienone is 4. The van der Waals surface area contributed by atoms with Gasteiger partial charge in [-0.15, -0.1) is 0 Å². The number of hydrogen-bond acceptors (Lipinski definition) is 1. The lowest BCUT2D eigenvalue weighted by Crippen LogP contribution is -2.30. The third-order valence-corrected chi connectivity index (χ3v) is 2.82. The zero-order chi connectivity index (χ0) is 12.1. The van der Waals surface area contributed by atoms with Gasteiger partial charge in [0.05, 0.1) is 0 Å². The molecule has 0 saturated carbocycles. The molecule has 90 valence electrons. The van der Waals surface area contributed by atoms with E-state index >= 15 is 0 Å². The third kappa shape index (κ3) is 3.09. The van der Waals surface area contributed by atoms with Gasteiger partial charge < -0.3 is 0 Å². The van der Waals surface area contributed by atoms with Crippen LogP contribution >= 0.6 is 0 Å². The van der Waals surface area contributed by atoms with Crippen molar-refractivity contribution in [2.24, 2.45) is 5.92 Å². The first-order valence-electron chi connectivity index (χ1n) is 6.06. The molecular weight excluding hydrogens is 212 g/mol. The van der Waals surface area contributed by atoms with Crippen molar-refractivity contribution < 1.29 is 4.79 Å². The number of amides is 2. The Labute approximate surface area is 102 Å². The zero-order valence-corrected chi connectivity index (χ0v) is 10.1. The van der Waals surface area contributed by atoms with Crippen molar-refractivity contribution in [3.63, 3.8) is 0 Å². The molecule has 17 heavy (non-hydrogen) atoms. The summed E-state index contributed by atoms with van der Waals surface area (Å²) in [5.74, 6) is 0.485. The maximum atomic E-state index is 12.2. The normalized spacial score (nSPS) is 23.7. The second-order valence-electron chi connectivity index (χ2n) is 4.38. The molecule has 0 aromatic rings. The second-order valence-corrected chi connectivity index (χ2v) is 4.38. The number of hydrogen-bond donors (Lipinski definition) is 0. The Hall–Kier alpha value is -1.77. The summed E-state index contributed by atoms with van der Waals surface area (Å²) in [5, 5.41) is 0. The van der Waals surface area contributed by atoms with Crippen molar-refractivity contribution in [3.05, 3.63) is 49.1 Å². The largest absolute Gasteiger partial charge is 0.336 e. The summed E-state index contributed by atoms with van der Waals surface area (Å²) in [5.41, 5.74) is 0. The van der Waals surface area contributed by atoms with E-state index in [9.17, 15) is 4.79 Å². The molecular formula is C14H18N2O. The molecule has 0 N–H and O–H groups in total. The van der Waals surface area contributed by atoms with Gasteiger partial charge in [0.1, 0.15) is 0 Å². The van der Waals surface area contributed by atoms with Gasteiger partial charge in [-0.2, -0.15) is 0 Å². The van der Waals surface area contributed by atoms with Crippen LogP contribution in [0.1, 0.15) is 26.2 Å². The summed E-state index contributed by atoms with van der Waals surface area (Å²) < 4.78 is 0. The standard InChI is InChI=1S/C14H18N2O/c1-13-7-6-11-16(12-8-13)14(17)15-9-4-2-3-5-10-15/h4-6,8-13H,2-3,7H2,1H3. The van der Waals surface area contributed by atoms with Crippen molar-refractivity contribution in [2.75, 3.05) is 0 Å². The molecule has 2 amide bonds. The summed E-state index contributed by atoms with van der Waals surface area (Å²) in [6.45, 7) is 2.14. The molecule has 2 rings (SSSR count). The van der Waals surface area contributed by atoms with E-state index in [1.807, 2.05) is 43.0 Å². The fraction of sp³-hybridized carbons (Fsp3) is 0.357. The van der Waals surface area contributed by atoms with Crippen LogP contribution in [0.2, 0.25) is 0 Å². The van der Waals surface area contributed by atoms with Gasteiger partial charge in [-0.1, -0.05) is 31.2 Å². The molecule has 2 aliphatic rings. The second kappa shape index (κ2) is 5.53. The van der Waals surface area contributed by atoms with Gasteiger partial charge in [0.15, 0.2) is 0 Å². The van der Waals surface area contributed by atoms with E-state index in [0.717, 1.165) is 19.3 Å². The van der Waals surface area contributed by atoms with E-state index in [4.69, 9.17) is 0 Å². The van der Waals surface area contributed by atoms with Crippen LogP contribution in [0.25, 0.3) is 0 Å². The third-order valence-electron chi connectivity index (χ3n) is 2.82. The molecule has 1 atom stereocenters. The molecule has 3 heteroatoms. The van der Waals surface area contributed by atoms with E-state index in [1.165, 1.54) is 0 Å². The number of carbonyl (C=O) groups excluding carboxylic acids is 1. The Kier molecular flexibility index (Phi) is 3.81. The summed E-state index contributed by atoms with van der Waals surface area (Å²) in [4.78, 5) is 15.5. The number of urea groups is 1. The van der Waals surface area contributed by atoms with Gasteiger partial charge in [0, 0.05) is 24.8 Å². The fourth-order valence-electron chi connectivity index (χ4n) is 1.76. The van der Waals surface area contributed by atoms with Gasteiger partial charge in [0.25, 0.3) is 0 Å². The summed E-state index contributed by atoms with van der Waals surface area (Å²) in [6, 6.07) is -0.0407. The van der Waals surface area contributed by atoms with Crippen molar-refractivity contribution in [2.45, 2.75) is 26.2 Å². The molecule has 0 spiro atoms. The van der Waals surface area contributed by atoms with Crippen LogP contribution in [0.5, 0.6) is 0 Å². The Bertz CT molecular complexity index is 379. The van der Waals surface area contributed by atoms with Crippen molar-refractivity contribution in [1.29, 1.82) is 0 Å². The van der Waals surface area contributed by atoms with Gasteiger partial charge in [-0.05, 0) is 25.2 Å². The predicted octanol–water partition coefficient (Wildman–Crippen LogP) is 3.60. The highest BCUT2D eigenvalue weighted by Gasteiger charge is 2.15. The maximum absolute atomic E-state index is 12.2. The Morgan fingerprint density at radius 2 is 1.59 bits per heavy atom. The van der Waals surface area contributed by atoms with Crippen molar-refractivity contribution in [1.82, 2.24) is 9.80 Å². The van der Waals surface area contributed by atoms with Crippen LogP contribution in [0, 0.1) is 5.92 Å². The van der Waals surface area contributed by atoms with Gasteiger partial charge in [0.2, 0.25) is 0 Å². The van der Waals surface area contributed by atoms with Crippen molar-refractivity contribution >= 4 is 6.03 Å². The Morgan fingerprint density at radius 1 is 1.00 bits per heavy atom. The van der Waals surface area contributed by atoms with Crippen LogP contribution in [0.4, 0.5) is 4.79 Å². The molecule has 2 heterocycles. The molecule has 0 saturated heterocycles. The molecule has 2 aliphatic heterocycles. The average Bonchev–Trinajstić information content (AvgIpc) is 2.70. The molecule has 0 radical (unpaired) electrons. The van der Waals surface area contributed by atoms with E-state index < -0.39 is 0 Å². The first-order valence-corrected chi connectivity index (χ1v) is 6.06. The van der Waals surface area contributed by atoms with Crippen molar-refractivity contribution in [3.8, 4) is 0 Å². The van der Waals surface area contributed by atoms with E-state index in [-0.39, 0.29) is 6.03 Å². The highest BCUT2D eigenvalue weighted by Crippen LogP contribution is 2.14. The average molecular weight is 230 g/mol. The summed E-state index contributed by atoms with van der Waals surface area (Å²) in [6.07, 6.45) is 18.5. The summed E-state index contributed by atoms with van der Waals surface area (Å²) in [7, 11) is 0. The molecule has 0 aromatic carbocycles. The topological polar surface area (TPSA) is 23.6 Å². The number of carbonyl (C=O) groups is 1. The first kappa shape index (κ1) is 11.7. The SMILES string of the molecule is CC1C=CN(C(=O)N2C=CCCC=C2)C=CC1. The molecule has 0 bridgehead atoms. The van der Waals surface area contributed by atoms with Crippen LogP contribution < -0.4 is 0 Å². The molecule has 1 unspecified atom stereocenters. The smallest absolute Gasteiger partial charge is 0.277 e. The van der Waals surface area contributed by atoms with E-state index in [1.54, 1.807) is 9.80 Å². The highest BCUT2D eigenvalue weighted by atomic mass is 16.2. The van der Waals surface area contributed by atoms with Gasteiger partial charge in [-0.3, -0.25) is 9.80 Å². The molecule has 0 fully saturated rings. The number of rotatable bonds is 0.